The van der Waals surface area contributed by atoms with Crippen molar-refractivity contribution in [2.75, 3.05) is 25.6 Å². The molecule has 0 spiro atoms. The molecule has 0 aliphatic heterocycles. The number of methoxy groups -OCH3 is 1. The number of hydrogen-bond donors (Lipinski definition) is 1. The van der Waals surface area contributed by atoms with E-state index in [0.29, 0.717) is 6.61 Å². The SMILES string of the molecule is COCCNc1ncc(Br)cc1C. The Kier molecular flexibility index (Phi) is 4.18. The first-order chi connectivity index (χ1) is 6.24. The Labute approximate surface area is 86.6 Å². The van der Waals surface area contributed by atoms with E-state index in [1.54, 1.807) is 13.3 Å². The van der Waals surface area contributed by atoms with Gasteiger partial charge in [0, 0.05) is 24.3 Å². The first kappa shape index (κ1) is 10.5. The lowest BCUT2D eigenvalue weighted by Gasteiger charge is -2.07. The van der Waals surface area contributed by atoms with Crippen LogP contribution in [-0.2, 0) is 4.74 Å². The van der Waals surface area contributed by atoms with Gasteiger partial charge in [0.2, 0.25) is 0 Å². The molecule has 0 aliphatic carbocycles. The molecule has 0 unspecified atom stereocenters. The van der Waals surface area contributed by atoms with Crippen molar-refractivity contribution in [3.63, 3.8) is 0 Å². The first-order valence-electron chi connectivity index (χ1n) is 4.09. The van der Waals surface area contributed by atoms with Crippen LogP contribution in [-0.4, -0.2) is 25.2 Å². The molecule has 1 aromatic rings. The third kappa shape index (κ3) is 3.32. The third-order valence-corrected chi connectivity index (χ3v) is 2.08. The van der Waals surface area contributed by atoms with Crippen LogP contribution in [0.2, 0.25) is 0 Å². The molecule has 0 bridgehead atoms. The second-order valence-corrected chi connectivity index (χ2v) is 3.65. The highest BCUT2D eigenvalue weighted by Gasteiger charge is 1.98. The summed E-state index contributed by atoms with van der Waals surface area (Å²) in [6.07, 6.45) is 1.78. The van der Waals surface area contributed by atoms with Gasteiger partial charge in [-0.15, -0.1) is 0 Å². The minimum Gasteiger partial charge on any atom is -0.383 e. The summed E-state index contributed by atoms with van der Waals surface area (Å²) in [7, 11) is 1.68. The molecule has 3 nitrogen and oxygen atoms in total. The quantitative estimate of drug-likeness (QED) is 0.826. The maximum absolute atomic E-state index is 4.93. The third-order valence-electron chi connectivity index (χ3n) is 1.64. The number of aryl methyl sites for hydroxylation is 1. The van der Waals surface area contributed by atoms with Gasteiger partial charge in [0.1, 0.15) is 5.82 Å². The lowest BCUT2D eigenvalue weighted by molar-refractivity contribution is 0.210. The first-order valence-corrected chi connectivity index (χ1v) is 4.88. The van der Waals surface area contributed by atoms with E-state index < -0.39 is 0 Å². The topological polar surface area (TPSA) is 34.1 Å². The van der Waals surface area contributed by atoms with Gasteiger partial charge in [-0.3, -0.25) is 0 Å². The summed E-state index contributed by atoms with van der Waals surface area (Å²) in [5.74, 6) is 0.917. The standard InChI is InChI=1S/C9H13BrN2O/c1-7-5-8(10)6-12-9(7)11-3-4-13-2/h5-6H,3-4H2,1-2H3,(H,11,12). The minimum atomic E-state index is 0.692. The maximum Gasteiger partial charge on any atom is 0.128 e. The molecule has 1 rings (SSSR count). The highest BCUT2D eigenvalue weighted by atomic mass is 79.9. The lowest BCUT2D eigenvalue weighted by atomic mass is 10.3. The Morgan fingerprint density at radius 2 is 2.38 bits per heavy atom. The van der Waals surface area contributed by atoms with Crippen molar-refractivity contribution in [2.45, 2.75) is 6.92 Å². The second kappa shape index (κ2) is 5.19. The summed E-state index contributed by atoms with van der Waals surface area (Å²) in [5.41, 5.74) is 1.13. The Morgan fingerprint density at radius 1 is 1.62 bits per heavy atom. The van der Waals surface area contributed by atoms with Gasteiger partial charge in [-0.25, -0.2) is 4.98 Å². The van der Waals surface area contributed by atoms with E-state index >= 15 is 0 Å². The number of pyridine rings is 1. The Bertz CT molecular complexity index is 278. The van der Waals surface area contributed by atoms with E-state index in [0.717, 1.165) is 22.4 Å². The average molecular weight is 245 g/mol. The van der Waals surface area contributed by atoms with Gasteiger partial charge in [0.05, 0.1) is 6.61 Å². The zero-order valence-corrected chi connectivity index (χ0v) is 9.39. The van der Waals surface area contributed by atoms with Gasteiger partial charge in [0.15, 0.2) is 0 Å². The molecule has 13 heavy (non-hydrogen) atoms. The molecule has 0 aromatic carbocycles. The van der Waals surface area contributed by atoms with Gasteiger partial charge >= 0.3 is 0 Å². The van der Waals surface area contributed by atoms with E-state index in [9.17, 15) is 0 Å². The molecule has 72 valence electrons. The van der Waals surface area contributed by atoms with Crippen LogP contribution >= 0.6 is 15.9 Å². The number of nitrogens with zero attached hydrogens (tertiary/aromatic N) is 1. The van der Waals surface area contributed by atoms with Crippen LogP contribution in [0.1, 0.15) is 5.56 Å². The molecule has 1 N–H and O–H groups in total. The summed E-state index contributed by atoms with van der Waals surface area (Å²) < 4.78 is 5.93. The van der Waals surface area contributed by atoms with E-state index in [-0.39, 0.29) is 0 Å². The predicted octanol–water partition coefficient (Wildman–Crippen LogP) is 2.21. The summed E-state index contributed by atoms with van der Waals surface area (Å²) in [6.45, 7) is 3.50. The van der Waals surface area contributed by atoms with Gasteiger partial charge in [0.25, 0.3) is 0 Å². The molecular weight excluding hydrogens is 232 g/mol. The van der Waals surface area contributed by atoms with E-state index in [1.165, 1.54) is 0 Å². The van der Waals surface area contributed by atoms with Crippen molar-refractivity contribution in [2.24, 2.45) is 0 Å². The Hall–Kier alpha value is -0.610. The predicted molar refractivity (Wildman–Crippen MR) is 57.0 cm³/mol. The number of aromatic nitrogens is 1. The fourth-order valence-corrected chi connectivity index (χ4v) is 1.44. The number of ether oxygens (including phenoxy) is 1. The molecule has 0 fully saturated rings. The van der Waals surface area contributed by atoms with Crippen molar-refractivity contribution in [3.05, 3.63) is 22.3 Å². The molecule has 0 saturated carbocycles. The fraction of sp³-hybridized carbons (Fsp3) is 0.444. The van der Waals surface area contributed by atoms with Crippen LogP contribution in [0.4, 0.5) is 5.82 Å². The van der Waals surface area contributed by atoms with Crippen LogP contribution < -0.4 is 5.32 Å². The van der Waals surface area contributed by atoms with E-state index in [2.05, 4.69) is 26.2 Å². The van der Waals surface area contributed by atoms with Crippen molar-refractivity contribution < 1.29 is 4.74 Å². The van der Waals surface area contributed by atoms with Crippen molar-refractivity contribution in [3.8, 4) is 0 Å². The van der Waals surface area contributed by atoms with E-state index in [1.807, 2.05) is 13.0 Å². The number of rotatable bonds is 4. The van der Waals surface area contributed by atoms with Gasteiger partial charge in [-0.05, 0) is 34.5 Å². The van der Waals surface area contributed by atoms with E-state index in [4.69, 9.17) is 4.74 Å². The largest absolute Gasteiger partial charge is 0.383 e. The molecule has 1 heterocycles. The van der Waals surface area contributed by atoms with Gasteiger partial charge < -0.3 is 10.1 Å². The van der Waals surface area contributed by atoms with Crippen LogP contribution in [0, 0.1) is 6.92 Å². The molecule has 0 radical (unpaired) electrons. The van der Waals surface area contributed by atoms with Crippen molar-refractivity contribution in [1.82, 2.24) is 4.98 Å². The Balaban J connectivity index is 2.56. The Morgan fingerprint density at radius 3 is 3.00 bits per heavy atom. The lowest BCUT2D eigenvalue weighted by Crippen LogP contribution is -2.09. The maximum atomic E-state index is 4.93. The second-order valence-electron chi connectivity index (χ2n) is 2.74. The van der Waals surface area contributed by atoms with Gasteiger partial charge in [-0.2, -0.15) is 0 Å². The molecule has 4 heteroatoms. The number of hydrogen-bond acceptors (Lipinski definition) is 3. The fourth-order valence-electron chi connectivity index (χ4n) is 0.997. The number of halogens is 1. The van der Waals surface area contributed by atoms with Crippen molar-refractivity contribution in [1.29, 1.82) is 0 Å². The molecular formula is C9H13BrN2O. The van der Waals surface area contributed by atoms with Gasteiger partial charge in [-0.1, -0.05) is 0 Å². The highest BCUT2D eigenvalue weighted by Crippen LogP contribution is 2.16. The molecule has 0 aliphatic rings. The van der Waals surface area contributed by atoms with Crippen LogP contribution in [0.3, 0.4) is 0 Å². The molecule has 0 saturated heterocycles. The smallest absolute Gasteiger partial charge is 0.128 e. The summed E-state index contributed by atoms with van der Waals surface area (Å²) in [6, 6.07) is 2.03. The zero-order valence-electron chi connectivity index (χ0n) is 7.80. The zero-order chi connectivity index (χ0) is 9.68. The number of anilines is 1. The van der Waals surface area contributed by atoms with Crippen LogP contribution in [0.25, 0.3) is 0 Å². The molecule has 0 atom stereocenters. The minimum absolute atomic E-state index is 0.692. The van der Waals surface area contributed by atoms with Crippen LogP contribution in [0.15, 0.2) is 16.7 Å². The summed E-state index contributed by atoms with van der Waals surface area (Å²) >= 11 is 3.36. The highest BCUT2D eigenvalue weighted by molar-refractivity contribution is 9.10. The molecule has 0 amide bonds. The average Bonchev–Trinajstić information content (AvgIpc) is 2.09. The summed E-state index contributed by atoms with van der Waals surface area (Å²) in [5, 5.41) is 3.18. The van der Waals surface area contributed by atoms with Crippen LogP contribution in [0.5, 0.6) is 0 Å². The monoisotopic (exact) mass is 244 g/mol. The van der Waals surface area contributed by atoms with Crippen molar-refractivity contribution >= 4 is 21.7 Å². The summed E-state index contributed by atoms with van der Waals surface area (Å²) in [4.78, 5) is 4.24. The molecule has 1 aromatic heterocycles. The normalized spacial score (nSPS) is 10.1. The number of nitrogens with one attached hydrogen (secondary N) is 1.